The molecule has 3 aromatic carbocycles. The number of ether oxygens (including phenoxy) is 2. The summed E-state index contributed by atoms with van der Waals surface area (Å²) in [5, 5.41) is 1.03. The Balaban J connectivity index is 2.18. The Kier molecular flexibility index (Phi) is 6.81. The van der Waals surface area contributed by atoms with E-state index in [1.807, 2.05) is 6.92 Å². The van der Waals surface area contributed by atoms with E-state index in [0.29, 0.717) is 27.2 Å². The Morgan fingerprint density at radius 3 is 1.87 bits per heavy atom. The molecule has 0 aliphatic rings. The number of halogens is 2. The van der Waals surface area contributed by atoms with Crippen LogP contribution in [-0.4, -0.2) is 22.6 Å². The van der Waals surface area contributed by atoms with E-state index in [-0.39, 0.29) is 4.90 Å². The van der Waals surface area contributed by atoms with E-state index < -0.39 is 16.1 Å². The summed E-state index contributed by atoms with van der Waals surface area (Å²) in [5.41, 5.74) is 1.22. The zero-order chi connectivity index (χ0) is 21.9. The van der Waals surface area contributed by atoms with Gasteiger partial charge in [0.15, 0.2) is 11.5 Å². The quantitative estimate of drug-likeness (QED) is 0.431. The average molecular weight is 466 g/mol. The van der Waals surface area contributed by atoms with Crippen molar-refractivity contribution in [2.75, 3.05) is 18.5 Å². The van der Waals surface area contributed by atoms with Crippen molar-refractivity contribution in [3.05, 3.63) is 82.3 Å². The lowest BCUT2D eigenvalue weighted by Crippen LogP contribution is -2.33. The van der Waals surface area contributed by atoms with Gasteiger partial charge >= 0.3 is 0 Å². The molecule has 1 atom stereocenters. The summed E-state index contributed by atoms with van der Waals surface area (Å²) in [5.74, 6) is 0.929. The Morgan fingerprint density at radius 1 is 0.800 bits per heavy atom. The van der Waals surface area contributed by atoms with E-state index in [1.54, 1.807) is 54.6 Å². The van der Waals surface area contributed by atoms with Gasteiger partial charge in [-0.3, -0.25) is 4.31 Å². The summed E-state index contributed by atoms with van der Waals surface area (Å²) in [6.45, 7) is 1.81. The van der Waals surface area contributed by atoms with Gasteiger partial charge in [-0.25, -0.2) is 8.42 Å². The number of sulfonamides is 1. The number of methoxy groups -OCH3 is 2. The molecule has 0 amide bonds. The minimum Gasteiger partial charge on any atom is -0.493 e. The molecule has 158 valence electrons. The van der Waals surface area contributed by atoms with Crippen LogP contribution in [0.5, 0.6) is 11.5 Å². The molecule has 0 heterocycles. The maximum absolute atomic E-state index is 13.7. The van der Waals surface area contributed by atoms with Crippen molar-refractivity contribution in [2.45, 2.75) is 17.9 Å². The molecule has 0 aliphatic heterocycles. The van der Waals surface area contributed by atoms with Gasteiger partial charge in [-0.05, 0) is 61.0 Å². The van der Waals surface area contributed by atoms with Crippen molar-refractivity contribution in [1.82, 2.24) is 0 Å². The highest BCUT2D eigenvalue weighted by Gasteiger charge is 2.31. The largest absolute Gasteiger partial charge is 0.493 e. The van der Waals surface area contributed by atoms with Crippen molar-refractivity contribution >= 4 is 38.9 Å². The first-order valence-corrected chi connectivity index (χ1v) is 11.2. The Bertz CT molecular complexity index is 1120. The zero-order valence-corrected chi connectivity index (χ0v) is 19.0. The van der Waals surface area contributed by atoms with E-state index >= 15 is 0 Å². The van der Waals surface area contributed by atoms with Gasteiger partial charge in [0, 0.05) is 16.1 Å². The lowest BCUT2D eigenvalue weighted by molar-refractivity contribution is 0.355. The molecule has 0 aliphatic carbocycles. The minimum absolute atomic E-state index is 0.127. The fourth-order valence-electron chi connectivity index (χ4n) is 3.13. The van der Waals surface area contributed by atoms with E-state index in [1.165, 1.54) is 30.7 Å². The van der Waals surface area contributed by atoms with Crippen LogP contribution in [0.25, 0.3) is 0 Å². The molecule has 30 heavy (non-hydrogen) atoms. The van der Waals surface area contributed by atoms with Gasteiger partial charge in [-0.2, -0.15) is 0 Å². The standard InChI is InChI=1S/C22H21Cl2NO4S/c1-15(16-4-6-17(23)7-5-16)25(19-10-13-21(28-2)22(14-19)29-3)30(26,27)20-11-8-18(24)9-12-20/h4-15H,1-3H3/t15-/m1/s1. The lowest BCUT2D eigenvalue weighted by atomic mass is 10.1. The SMILES string of the molecule is COc1ccc(N([C@H](C)c2ccc(Cl)cc2)S(=O)(=O)c2ccc(Cl)cc2)cc1OC. The molecule has 0 spiro atoms. The van der Waals surface area contributed by atoms with E-state index in [2.05, 4.69) is 0 Å². The second-order valence-electron chi connectivity index (χ2n) is 6.52. The third-order valence-corrected chi connectivity index (χ3v) is 7.11. The Labute approximate surface area is 186 Å². The predicted octanol–water partition coefficient (Wildman–Crippen LogP) is 5.97. The first-order valence-electron chi connectivity index (χ1n) is 9.05. The molecule has 5 nitrogen and oxygen atoms in total. The van der Waals surface area contributed by atoms with E-state index in [9.17, 15) is 8.42 Å². The van der Waals surface area contributed by atoms with Crippen LogP contribution in [0.15, 0.2) is 71.6 Å². The summed E-state index contributed by atoms with van der Waals surface area (Å²) in [7, 11) is -0.901. The number of hydrogen-bond donors (Lipinski definition) is 0. The van der Waals surface area contributed by atoms with Crippen molar-refractivity contribution < 1.29 is 17.9 Å². The number of benzene rings is 3. The number of nitrogens with zero attached hydrogens (tertiary/aromatic N) is 1. The van der Waals surface area contributed by atoms with Crippen molar-refractivity contribution in [1.29, 1.82) is 0 Å². The molecule has 0 saturated heterocycles. The summed E-state index contributed by atoms with van der Waals surface area (Å²) in [6.07, 6.45) is 0. The highest BCUT2D eigenvalue weighted by Crippen LogP contribution is 2.38. The molecule has 0 saturated carbocycles. The van der Waals surface area contributed by atoms with Crippen LogP contribution in [0.3, 0.4) is 0 Å². The molecule has 0 N–H and O–H groups in total. The fourth-order valence-corrected chi connectivity index (χ4v) is 5.02. The van der Waals surface area contributed by atoms with E-state index in [0.717, 1.165) is 5.56 Å². The molecule has 8 heteroatoms. The molecule has 3 rings (SSSR count). The highest BCUT2D eigenvalue weighted by molar-refractivity contribution is 7.92. The monoisotopic (exact) mass is 465 g/mol. The zero-order valence-electron chi connectivity index (χ0n) is 16.7. The smallest absolute Gasteiger partial charge is 0.264 e. The Morgan fingerprint density at radius 2 is 1.33 bits per heavy atom. The van der Waals surface area contributed by atoms with Crippen molar-refractivity contribution in [2.24, 2.45) is 0 Å². The minimum atomic E-state index is -3.93. The van der Waals surface area contributed by atoms with Gasteiger partial charge in [0.2, 0.25) is 0 Å². The third-order valence-electron chi connectivity index (χ3n) is 4.70. The summed E-state index contributed by atoms with van der Waals surface area (Å²) >= 11 is 12.0. The number of hydrogen-bond acceptors (Lipinski definition) is 4. The lowest BCUT2D eigenvalue weighted by Gasteiger charge is -2.31. The first-order chi connectivity index (χ1) is 14.3. The molecule has 3 aromatic rings. The topological polar surface area (TPSA) is 55.8 Å². The molecule has 0 aromatic heterocycles. The normalized spacial score (nSPS) is 12.3. The van der Waals surface area contributed by atoms with Crippen molar-refractivity contribution in [3.8, 4) is 11.5 Å². The van der Waals surface area contributed by atoms with Crippen LogP contribution < -0.4 is 13.8 Å². The third kappa shape index (κ3) is 4.51. The second-order valence-corrected chi connectivity index (χ2v) is 9.21. The molecule has 0 bridgehead atoms. The van der Waals surface area contributed by atoms with Crippen LogP contribution in [0.1, 0.15) is 18.5 Å². The van der Waals surface area contributed by atoms with E-state index in [4.69, 9.17) is 32.7 Å². The molecular weight excluding hydrogens is 445 g/mol. The van der Waals surface area contributed by atoms with Gasteiger partial charge in [-0.15, -0.1) is 0 Å². The van der Waals surface area contributed by atoms with Gasteiger partial charge in [-0.1, -0.05) is 35.3 Å². The summed E-state index contributed by atoms with van der Waals surface area (Å²) < 4.78 is 39.3. The first kappa shape index (κ1) is 22.3. The average Bonchev–Trinajstić information content (AvgIpc) is 2.74. The van der Waals surface area contributed by atoms with Crippen LogP contribution in [0.4, 0.5) is 5.69 Å². The molecular formula is C22H21Cl2NO4S. The van der Waals surface area contributed by atoms with Crippen LogP contribution in [0.2, 0.25) is 10.0 Å². The second kappa shape index (κ2) is 9.16. The molecule has 0 fully saturated rings. The van der Waals surface area contributed by atoms with Gasteiger partial charge in [0.05, 0.1) is 30.8 Å². The van der Waals surface area contributed by atoms with Gasteiger partial charge < -0.3 is 9.47 Å². The van der Waals surface area contributed by atoms with Crippen LogP contribution in [-0.2, 0) is 10.0 Å². The summed E-state index contributed by atoms with van der Waals surface area (Å²) in [6, 6.07) is 17.6. The summed E-state index contributed by atoms with van der Waals surface area (Å²) in [4.78, 5) is 0.127. The van der Waals surface area contributed by atoms with Gasteiger partial charge in [0.25, 0.3) is 10.0 Å². The van der Waals surface area contributed by atoms with Crippen molar-refractivity contribution in [3.63, 3.8) is 0 Å². The molecule has 0 unspecified atom stereocenters. The maximum Gasteiger partial charge on any atom is 0.264 e. The van der Waals surface area contributed by atoms with Gasteiger partial charge in [0.1, 0.15) is 0 Å². The number of rotatable bonds is 7. The van der Waals surface area contributed by atoms with Crippen LogP contribution >= 0.6 is 23.2 Å². The van der Waals surface area contributed by atoms with Crippen LogP contribution in [0, 0.1) is 0 Å². The number of anilines is 1. The Hall–Kier alpha value is -2.41. The highest BCUT2D eigenvalue weighted by atomic mass is 35.5. The maximum atomic E-state index is 13.7. The predicted molar refractivity (Wildman–Crippen MR) is 121 cm³/mol. The molecule has 0 radical (unpaired) electrons. The fraction of sp³-hybridized carbons (Fsp3) is 0.182.